The number of nitrogens with zero attached hydrogens (tertiary/aromatic N) is 4. The maximum atomic E-state index is 13.4. The van der Waals surface area contributed by atoms with E-state index < -0.39 is 0 Å². The summed E-state index contributed by atoms with van der Waals surface area (Å²) in [7, 11) is 1.93. The fourth-order valence-electron chi connectivity index (χ4n) is 4.83. The molecule has 7 heteroatoms. The molecule has 27 heavy (non-hydrogen) atoms. The van der Waals surface area contributed by atoms with Crippen molar-refractivity contribution in [2.24, 2.45) is 7.05 Å². The van der Waals surface area contributed by atoms with Gasteiger partial charge in [-0.15, -0.1) is 0 Å². The summed E-state index contributed by atoms with van der Waals surface area (Å²) >= 11 is 0. The number of amides is 1. The van der Waals surface area contributed by atoms with Gasteiger partial charge < -0.3 is 4.90 Å². The van der Waals surface area contributed by atoms with Crippen LogP contribution in [0.25, 0.3) is 10.8 Å². The summed E-state index contributed by atoms with van der Waals surface area (Å²) in [6.07, 6.45) is 7.98. The van der Waals surface area contributed by atoms with Crippen molar-refractivity contribution in [1.29, 1.82) is 0 Å². The lowest BCUT2D eigenvalue weighted by Crippen LogP contribution is -2.46. The van der Waals surface area contributed by atoms with E-state index in [4.69, 9.17) is 0 Å². The van der Waals surface area contributed by atoms with Crippen LogP contribution in [0.5, 0.6) is 0 Å². The second-order valence-corrected chi connectivity index (χ2v) is 7.66. The number of aryl methyl sites for hydroxylation is 1. The van der Waals surface area contributed by atoms with Crippen LogP contribution in [0.1, 0.15) is 47.7 Å². The molecule has 2 atom stereocenters. The number of aromatic nitrogens is 4. The number of hydrogen-bond acceptors (Lipinski definition) is 4. The summed E-state index contributed by atoms with van der Waals surface area (Å²) in [5, 5.41) is 12.0. The van der Waals surface area contributed by atoms with E-state index in [9.17, 15) is 9.59 Å². The molecule has 2 aliphatic heterocycles. The van der Waals surface area contributed by atoms with Gasteiger partial charge in [0.15, 0.2) is 5.69 Å². The van der Waals surface area contributed by atoms with E-state index in [0.717, 1.165) is 25.7 Å². The second-order valence-electron chi connectivity index (χ2n) is 7.66. The molecular weight excluding hydrogens is 342 g/mol. The minimum atomic E-state index is -0.264. The molecule has 0 spiro atoms. The van der Waals surface area contributed by atoms with Crippen LogP contribution in [0.15, 0.2) is 41.5 Å². The highest BCUT2D eigenvalue weighted by atomic mass is 16.2. The Morgan fingerprint density at radius 3 is 2.52 bits per heavy atom. The lowest BCUT2D eigenvalue weighted by molar-refractivity contribution is 0.0566. The summed E-state index contributed by atoms with van der Waals surface area (Å²) < 4.78 is 1.84. The summed E-state index contributed by atoms with van der Waals surface area (Å²) in [4.78, 5) is 27.4. The molecule has 4 heterocycles. The van der Waals surface area contributed by atoms with Gasteiger partial charge in [0.2, 0.25) is 0 Å². The van der Waals surface area contributed by atoms with Crippen LogP contribution in [0.2, 0.25) is 0 Å². The van der Waals surface area contributed by atoms with E-state index in [2.05, 4.69) is 21.5 Å². The average molecular weight is 363 g/mol. The van der Waals surface area contributed by atoms with Gasteiger partial charge in [0.1, 0.15) is 0 Å². The smallest absolute Gasteiger partial charge is 0.275 e. The van der Waals surface area contributed by atoms with E-state index >= 15 is 0 Å². The van der Waals surface area contributed by atoms with E-state index in [1.807, 2.05) is 28.9 Å². The van der Waals surface area contributed by atoms with Gasteiger partial charge in [-0.25, -0.2) is 5.10 Å². The number of H-pyrrole nitrogens is 1. The maximum absolute atomic E-state index is 13.4. The van der Waals surface area contributed by atoms with Crippen molar-refractivity contribution >= 4 is 16.7 Å². The molecule has 2 unspecified atom stereocenters. The largest absolute Gasteiger partial charge is 0.331 e. The first kappa shape index (κ1) is 16.2. The van der Waals surface area contributed by atoms with Crippen LogP contribution >= 0.6 is 0 Å². The number of piperidine rings is 1. The minimum absolute atomic E-state index is 0.0698. The lowest BCUT2D eigenvalue weighted by atomic mass is 9.86. The molecule has 0 radical (unpaired) electrons. The Bertz CT molecular complexity index is 1070. The molecule has 2 aliphatic rings. The molecule has 0 aliphatic carbocycles. The third-order valence-electron chi connectivity index (χ3n) is 6.06. The van der Waals surface area contributed by atoms with Crippen molar-refractivity contribution in [3.8, 4) is 0 Å². The van der Waals surface area contributed by atoms with Gasteiger partial charge in [0, 0.05) is 30.7 Å². The van der Waals surface area contributed by atoms with Crippen molar-refractivity contribution in [2.75, 3.05) is 0 Å². The van der Waals surface area contributed by atoms with Gasteiger partial charge in [0.25, 0.3) is 11.5 Å². The standard InChI is InChI=1S/C20H21N5O2/c1-24-11-13(10-21-24)12-8-14-6-7-15(9-12)25(14)20(27)18-16-4-2-3-5-17(16)19(26)23-22-18/h2-5,10-12,14-15H,6-9H2,1H3,(H,23,26). The monoisotopic (exact) mass is 363 g/mol. The molecule has 138 valence electrons. The number of aromatic amines is 1. The summed E-state index contributed by atoms with van der Waals surface area (Å²) in [6, 6.07) is 7.60. The number of rotatable bonds is 2. The second kappa shape index (κ2) is 6.04. The Balaban J connectivity index is 1.47. The van der Waals surface area contributed by atoms with E-state index in [-0.39, 0.29) is 23.6 Å². The number of carbonyl (C=O) groups excluding carboxylic acids is 1. The van der Waals surface area contributed by atoms with Crippen LogP contribution < -0.4 is 5.56 Å². The molecule has 2 saturated heterocycles. The number of benzene rings is 1. The van der Waals surface area contributed by atoms with Gasteiger partial charge in [0.05, 0.1) is 11.6 Å². The molecule has 2 bridgehead atoms. The number of fused-ring (bicyclic) bond motifs is 3. The first-order valence-electron chi connectivity index (χ1n) is 9.40. The van der Waals surface area contributed by atoms with Crippen molar-refractivity contribution in [1.82, 2.24) is 24.9 Å². The maximum Gasteiger partial charge on any atom is 0.275 e. The minimum Gasteiger partial charge on any atom is -0.331 e. The van der Waals surface area contributed by atoms with Gasteiger partial charge in [-0.3, -0.25) is 14.3 Å². The zero-order valence-corrected chi connectivity index (χ0v) is 15.1. The fourth-order valence-corrected chi connectivity index (χ4v) is 4.83. The highest BCUT2D eigenvalue weighted by molar-refractivity contribution is 6.05. The molecule has 0 saturated carbocycles. The van der Waals surface area contributed by atoms with Crippen molar-refractivity contribution in [2.45, 2.75) is 43.7 Å². The highest BCUT2D eigenvalue weighted by Crippen LogP contribution is 2.43. The molecule has 5 rings (SSSR count). The zero-order chi connectivity index (χ0) is 18.5. The normalized spacial score (nSPS) is 24.5. The molecule has 1 aromatic carbocycles. The van der Waals surface area contributed by atoms with E-state index in [1.165, 1.54) is 5.56 Å². The van der Waals surface area contributed by atoms with Crippen LogP contribution in [0, 0.1) is 0 Å². The third-order valence-corrected chi connectivity index (χ3v) is 6.06. The van der Waals surface area contributed by atoms with Crippen molar-refractivity contribution < 1.29 is 4.79 Å². The summed E-state index contributed by atoms with van der Waals surface area (Å²) in [5.41, 5.74) is 1.34. The molecule has 2 fully saturated rings. The van der Waals surface area contributed by atoms with Crippen LogP contribution in [-0.4, -0.2) is 42.9 Å². The van der Waals surface area contributed by atoms with Gasteiger partial charge >= 0.3 is 0 Å². The Hall–Kier alpha value is -2.96. The van der Waals surface area contributed by atoms with Crippen LogP contribution in [0.4, 0.5) is 0 Å². The number of carbonyl (C=O) groups is 1. The Morgan fingerprint density at radius 2 is 1.85 bits per heavy atom. The van der Waals surface area contributed by atoms with E-state index in [1.54, 1.807) is 18.2 Å². The predicted molar refractivity (Wildman–Crippen MR) is 101 cm³/mol. The summed E-state index contributed by atoms with van der Waals surface area (Å²) in [6.45, 7) is 0. The van der Waals surface area contributed by atoms with Crippen molar-refractivity contribution in [3.63, 3.8) is 0 Å². The lowest BCUT2D eigenvalue weighted by Gasteiger charge is -2.38. The predicted octanol–water partition coefficient (Wildman–Crippen LogP) is 2.21. The average Bonchev–Trinajstić information content (AvgIpc) is 3.22. The Labute approximate surface area is 156 Å². The molecule has 1 amide bonds. The van der Waals surface area contributed by atoms with Gasteiger partial charge in [-0.1, -0.05) is 18.2 Å². The first-order chi connectivity index (χ1) is 13.1. The van der Waals surface area contributed by atoms with Gasteiger partial charge in [-0.05, 0) is 43.2 Å². The number of hydrogen-bond donors (Lipinski definition) is 1. The molecular formula is C20H21N5O2. The molecule has 7 nitrogen and oxygen atoms in total. The number of nitrogens with one attached hydrogen (secondary N) is 1. The molecule has 1 N–H and O–H groups in total. The first-order valence-corrected chi connectivity index (χ1v) is 9.40. The quantitative estimate of drug-likeness (QED) is 0.757. The van der Waals surface area contributed by atoms with Crippen molar-refractivity contribution in [3.05, 3.63) is 58.3 Å². The van der Waals surface area contributed by atoms with Crippen LogP contribution in [0.3, 0.4) is 0 Å². The SMILES string of the molecule is Cn1cc(C2CC3CCC(C2)N3C(=O)c2n[nH]c(=O)c3ccccc23)cn1. The Kier molecular flexibility index (Phi) is 3.63. The fraction of sp³-hybridized carbons (Fsp3) is 0.400. The van der Waals surface area contributed by atoms with E-state index in [0.29, 0.717) is 22.4 Å². The molecule has 3 aromatic rings. The van der Waals surface area contributed by atoms with Gasteiger partial charge in [-0.2, -0.15) is 10.2 Å². The summed E-state index contributed by atoms with van der Waals surface area (Å²) in [5.74, 6) is 0.375. The Morgan fingerprint density at radius 1 is 1.15 bits per heavy atom. The van der Waals surface area contributed by atoms with Crippen LogP contribution in [-0.2, 0) is 7.05 Å². The zero-order valence-electron chi connectivity index (χ0n) is 15.1. The topological polar surface area (TPSA) is 83.9 Å². The third kappa shape index (κ3) is 2.57. The molecule has 2 aromatic heterocycles. The highest BCUT2D eigenvalue weighted by Gasteiger charge is 2.44.